The first-order chi connectivity index (χ1) is 12.3. The molecule has 5 heteroatoms. The van der Waals surface area contributed by atoms with Crippen LogP contribution < -0.4 is 4.72 Å². The fourth-order valence-corrected chi connectivity index (χ4v) is 5.35. The molecule has 1 heterocycles. The molecule has 0 radical (unpaired) electrons. The van der Waals surface area contributed by atoms with Crippen molar-refractivity contribution in [2.75, 3.05) is 19.6 Å². The van der Waals surface area contributed by atoms with Crippen LogP contribution in [-0.4, -0.2) is 39.0 Å². The molecule has 0 amide bonds. The summed E-state index contributed by atoms with van der Waals surface area (Å²) in [6, 6.07) is 8.09. The van der Waals surface area contributed by atoms with Crippen LogP contribution in [0.25, 0.3) is 0 Å². The van der Waals surface area contributed by atoms with Gasteiger partial charge < -0.3 is 4.90 Å². The van der Waals surface area contributed by atoms with Crippen molar-refractivity contribution in [2.24, 2.45) is 5.92 Å². The van der Waals surface area contributed by atoms with Gasteiger partial charge in [-0.25, -0.2) is 13.1 Å². The Balaban J connectivity index is 1.51. The highest BCUT2D eigenvalue weighted by molar-refractivity contribution is 7.89. The number of rotatable bonds is 5. The van der Waals surface area contributed by atoms with Gasteiger partial charge in [0.05, 0.1) is 4.90 Å². The zero-order chi connectivity index (χ0) is 18.8. The van der Waals surface area contributed by atoms with Crippen molar-refractivity contribution < 1.29 is 8.42 Å². The van der Waals surface area contributed by atoms with Gasteiger partial charge in [0.1, 0.15) is 0 Å². The summed E-state index contributed by atoms with van der Waals surface area (Å²) in [6.45, 7) is 9.20. The summed E-state index contributed by atoms with van der Waals surface area (Å²) >= 11 is 0. The van der Waals surface area contributed by atoms with E-state index in [1.54, 1.807) is 12.1 Å². The van der Waals surface area contributed by atoms with E-state index in [1.165, 1.54) is 25.7 Å². The number of hydrogen-bond donors (Lipinski definition) is 1. The Morgan fingerprint density at radius 2 is 1.58 bits per heavy atom. The van der Waals surface area contributed by atoms with Crippen LogP contribution >= 0.6 is 0 Å². The van der Waals surface area contributed by atoms with Gasteiger partial charge in [-0.15, -0.1) is 0 Å². The van der Waals surface area contributed by atoms with Crippen molar-refractivity contribution in [1.29, 1.82) is 0 Å². The molecule has 0 bridgehead atoms. The molecule has 3 rings (SSSR count). The largest absolute Gasteiger partial charge is 0.300 e. The molecule has 1 N–H and O–H groups in total. The highest BCUT2D eigenvalue weighted by Gasteiger charge is 2.27. The zero-order valence-electron chi connectivity index (χ0n) is 16.5. The lowest BCUT2D eigenvalue weighted by Crippen LogP contribution is -2.42. The van der Waals surface area contributed by atoms with Gasteiger partial charge in [-0.2, -0.15) is 0 Å². The second kappa shape index (κ2) is 7.99. The Kier molecular flexibility index (Phi) is 6.10. The van der Waals surface area contributed by atoms with E-state index in [2.05, 4.69) is 30.4 Å². The van der Waals surface area contributed by atoms with Crippen molar-refractivity contribution in [3.63, 3.8) is 0 Å². The first-order valence-corrected chi connectivity index (χ1v) is 11.6. The molecule has 1 aromatic carbocycles. The van der Waals surface area contributed by atoms with E-state index in [0.29, 0.717) is 17.4 Å². The first kappa shape index (κ1) is 19.8. The van der Waals surface area contributed by atoms with E-state index in [4.69, 9.17) is 0 Å². The number of benzene rings is 1. The van der Waals surface area contributed by atoms with E-state index in [0.717, 1.165) is 37.5 Å². The van der Waals surface area contributed by atoms with Crippen LogP contribution in [-0.2, 0) is 15.4 Å². The fourth-order valence-electron chi connectivity index (χ4n) is 4.24. The SMILES string of the molecule is CC(C)(C)c1ccc(S(=O)(=O)NCC2CCN(C3CCCC3)CC2)cc1. The van der Waals surface area contributed by atoms with Gasteiger partial charge in [0.25, 0.3) is 0 Å². The summed E-state index contributed by atoms with van der Waals surface area (Å²) in [6.07, 6.45) is 7.64. The number of sulfonamides is 1. The standard InChI is InChI=1S/C21H34N2O2S/c1-21(2,3)18-8-10-20(11-9-18)26(24,25)22-16-17-12-14-23(15-13-17)19-6-4-5-7-19/h8-11,17,19,22H,4-7,12-16H2,1-3H3. The molecule has 26 heavy (non-hydrogen) atoms. The Morgan fingerprint density at radius 1 is 1.00 bits per heavy atom. The molecule has 1 saturated carbocycles. The average Bonchev–Trinajstić information content (AvgIpc) is 3.14. The fraction of sp³-hybridized carbons (Fsp3) is 0.714. The quantitative estimate of drug-likeness (QED) is 0.845. The average molecular weight is 379 g/mol. The summed E-state index contributed by atoms with van der Waals surface area (Å²) in [5.41, 5.74) is 1.18. The van der Waals surface area contributed by atoms with Crippen molar-refractivity contribution in [3.8, 4) is 0 Å². The molecule has 1 aliphatic heterocycles. The molecule has 1 saturated heterocycles. The summed E-state index contributed by atoms with van der Waals surface area (Å²) in [5, 5.41) is 0. The lowest BCUT2D eigenvalue weighted by atomic mass is 9.87. The van der Waals surface area contributed by atoms with Crippen LogP contribution in [0.3, 0.4) is 0 Å². The number of nitrogens with one attached hydrogen (secondary N) is 1. The van der Waals surface area contributed by atoms with Crippen LogP contribution in [0.1, 0.15) is 64.9 Å². The summed E-state index contributed by atoms with van der Waals surface area (Å²) in [5.74, 6) is 0.455. The van der Waals surface area contributed by atoms with Crippen LogP contribution in [0.2, 0.25) is 0 Å². The van der Waals surface area contributed by atoms with E-state index in [9.17, 15) is 8.42 Å². The Morgan fingerprint density at radius 3 is 2.12 bits per heavy atom. The third-order valence-corrected chi connectivity index (χ3v) is 7.52. The second-order valence-corrected chi connectivity index (χ2v) is 10.8. The first-order valence-electron chi connectivity index (χ1n) is 10.1. The number of nitrogens with zero attached hydrogens (tertiary/aromatic N) is 1. The number of hydrogen-bond acceptors (Lipinski definition) is 3. The lowest BCUT2D eigenvalue weighted by Gasteiger charge is -2.36. The number of piperidine rings is 1. The minimum atomic E-state index is -3.41. The van der Waals surface area contributed by atoms with Crippen LogP contribution in [0.4, 0.5) is 0 Å². The normalized spacial score (nSPS) is 21.3. The molecular weight excluding hydrogens is 344 g/mol. The van der Waals surface area contributed by atoms with Crippen molar-refractivity contribution in [3.05, 3.63) is 29.8 Å². The summed E-state index contributed by atoms with van der Waals surface area (Å²) in [7, 11) is -3.41. The molecule has 2 fully saturated rings. The van der Waals surface area contributed by atoms with Crippen molar-refractivity contribution in [2.45, 2.75) is 75.6 Å². The second-order valence-electron chi connectivity index (χ2n) is 9.04. The molecule has 4 nitrogen and oxygen atoms in total. The molecule has 0 unspecified atom stereocenters. The molecule has 0 aromatic heterocycles. The number of likely N-dealkylation sites (tertiary alicyclic amines) is 1. The van der Waals surface area contributed by atoms with Gasteiger partial charge in [-0.1, -0.05) is 45.7 Å². The molecule has 1 aliphatic carbocycles. The molecule has 1 aromatic rings. The summed E-state index contributed by atoms with van der Waals surface area (Å²) in [4.78, 5) is 3.00. The van der Waals surface area contributed by atoms with E-state index in [-0.39, 0.29) is 5.41 Å². The van der Waals surface area contributed by atoms with Gasteiger partial charge in [0.2, 0.25) is 10.0 Å². The van der Waals surface area contributed by atoms with Gasteiger partial charge in [0, 0.05) is 12.6 Å². The molecule has 0 atom stereocenters. The molecule has 2 aliphatic rings. The Bertz CT molecular complexity index is 678. The topological polar surface area (TPSA) is 49.4 Å². The smallest absolute Gasteiger partial charge is 0.240 e. The maximum absolute atomic E-state index is 12.6. The maximum Gasteiger partial charge on any atom is 0.240 e. The molecular formula is C21H34N2O2S. The van der Waals surface area contributed by atoms with Crippen LogP contribution in [0.15, 0.2) is 29.2 Å². The van der Waals surface area contributed by atoms with Crippen molar-refractivity contribution >= 4 is 10.0 Å². The highest BCUT2D eigenvalue weighted by Crippen LogP contribution is 2.28. The van der Waals surface area contributed by atoms with Gasteiger partial charge >= 0.3 is 0 Å². The van der Waals surface area contributed by atoms with E-state index < -0.39 is 10.0 Å². The lowest BCUT2D eigenvalue weighted by molar-refractivity contribution is 0.135. The predicted octanol–water partition coefficient (Wildman–Crippen LogP) is 3.92. The predicted molar refractivity (Wildman–Crippen MR) is 107 cm³/mol. The van der Waals surface area contributed by atoms with E-state index >= 15 is 0 Å². The highest BCUT2D eigenvalue weighted by atomic mass is 32.2. The van der Waals surface area contributed by atoms with Gasteiger partial charge in [-0.05, 0) is 67.8 Å². The Hall–Kier alpha value is -0.910. The summed E-state index contributed by atoms with van der Waals surface area (Å²) < 4.78 is 28.0. The van der Waals surface area contributed by atoms with Gasteiger partial charge in [0.15, 0.2) is 0 Å². The zero-order valence-corrected chi connectivity index (χ0v) is 17.3. The minimum Gasteiger partial charge on any atom is -0.300 e. The third kappa shape index (κ3) is 4.87. The Labute approximate surface area is 159 Å². The monoisotopic (exact) mass is 378 g/mol. The van der Waals surface area contributed by atoms with Crippen molar-refractivity contribution in [1.82, 2.24) is 9.62 Å². The van der Waals surface area contributed by atoms with Gasteiger partial charge in [-0.3, -0.25) is 0 Å². The van der Waals surface area contributed by atoms with Crippen LogP contribution in [0, 0.1) is 5.92 Å². The molecule has 0 spiro atoms. The third-order valence-electron chi connectivity index (χ3n) is 6.08. The van der Waals surface area contributed by atoms with E-state index in [1.807, 2.05) is 12.1 Å². The minimum absolute atomic E-state index is 0.0308. The van der Waals surface area contributed by atoms with Crippen LogP contribution in [0.5, 0.6) is 0 Å². The maximum atomic E-state index is 12.6. The molecule has 146 valence electrons.